The van der Waals surface area contributed by atoms with Crippen LogP contribution in [0.3, 0.4) is 0 Å². The van der Waals surface area contributed by atoms with Crippen LogP contribution in [0, 0.1) is 5.82 Å². The first-order valence-electron chi connectivity index (χ1n) is 10.7. The van der Waals surface area contributed by atoms with Crippen LogP contribution in [0.25, 0.3) is 0 Å². The highest BCUT2D eigenvalue weighted by Crippen LogP contribution is 2.30. The molecule has 0 radical (unpaired) electrons. The number of benzene rings is 3. The number of hydrogen-bond acceptors (Lipinski definition) is 2. The minimum Gasteiger partial charge on any atom is -0.348 e. The van der Waals surface area contributed by atoms with E-state index >= 15 is 0 Å². The smallest absolute Gasteiger partial charge is 0.348 e. The van der Waals surface area contributed by atoms with Crippen molar-refractivity contribution >= 4 is 29.1 Å². The minimum absolute atomic E-state index is 0.00465. The Labute approximate surface area is 205 Å². The van der Waals surface area contributed by atoms with Crippen molar-refractivity contribution in [1.29, 1.82) is 0 Å². The number of carbonyl (C=O) groups excluding carboxylic acids is 2. The molecule has 3 aromatic carbocycles. The number of amides is 2. The molecule has 0 fully saturated rings. The van der Waals surface area contributed by atoms with Crippen molar-refractivity contribution in [2.24, 2.45) is 0 Å². The van der Waals surface area contributed by atoms with E-state index in [0.717, 1.165) is 18.2 Å². The fraction of sp³-hybridized carbons (Fsp3) is 0.231. The fourth-order valence-corrected chi connectivity index (χ4v) is 3.69. The van der Waals surface area contributed by atoms with Gasteiger partial charge in [-0.25, -0.2) is 4.39 Å². The quantitative estimate of drug-likeness (QED) is 0.294. The van der Waals surface area contributed by atoms with Gasteiger partial charge in [0.2, 0.25) is 11.8 Å². The zero-order chi connectivity index (χ0) is 25.8. The van der Waals surface area contributed by atoms with E-state index in [9.17, 15) is 27.2 Å². The average Bonchev–Trinajstić information content (AvgIpc) is 2.82. The van der Waals surface area contributed by atoms with E-state index in [1.165, 1.54) is 48.2 Å². The maximum absolute atomic E-state index is 14.3. The van der Waals surface area contributed by atoms with Crippen LogP contribution in [0.4, 0.5) is 23.2 Å². The van der Waals surface area contributed by atoms with Gasteiger partial charge in [-0.15, -0.1) is 0 Å². The molecule has 4 nitrogen and oxygen atoms in total. The standard InChI is InChI=1S/C26H23ClF4N2O2/c1-32(2)24(34)23(18-6-4-3-5-7-18)25(35)33(20-12-13-21(27)22(28)16-20)15-14-17-8-10-19(11-9-17)26(29,30)31/h3-13,16,23H,14-15H2,1-2H3. The molecule has 3 aromatic rings. The van der Waals surface area contributed by atoms with Gasteiger partial charge < -0.3 is 9.80 Å². The number of hydrogen-bond donors (Lipinski definition) is 0. The number of anilines is 1. The van der Waals surface area contributed by atoms with Gasteiger partial charge in [0.1, 0.15) is 11.7 Å². The number of halogens is 5. The molecule has 0 aromatic heterocycles. The number of likely N-dealkylation sites (N-methyl/N-ethyl adjacent to an activating group) is 1. The van der Waals surface area contributed by atoms with E-state index in [4.69, 9.17) is 11.6 Å². The largest absolute Gasteiger partial charge is 0.416 e. The summed E-state index contributed by atoms with van der Waals surface area (Å²) in [5, 5.41) is -0.132. The maximum atomic E-state index is 14.3. The molecule has 0 heterocycles. The molecule has 3 rings (SSSR count). The summed E-state index contributed by atoms with van der Waals surface area (Å²) in [6.45, 7) is -0.00465. The molecule has 9 heteroatoms. The summed E-state index contributed by atoms with van der Waals surface area (Å²) in [4.78, 5) is 29.3. The molecular formula is C26H23ClF4N2O2. The van der Waals surface area contributed by atoms with Crippen LogP contribution >= 0.6 is 11.6 Å². The summed E-state index contributed by atoms with van der Waals surface area (Å²) in [5.41, 5.74) is 0.400. The molecule has 1 unspecified atom stereocenters. The van der Waals surface area contributed by atoms with Gasteiger partial charge in [-0.1, -0.05) is 54.1 Å². The first-order chi connectivity index (χ1) is 16.5. The van der Waals surface area contributed by atoms with Crippen molar-refractivity contribution in [2.75, 3.05) is 25.5 Å². The van der Waals surface area contributed by atoms with Gasteiger partial charge in [0.15, 0.2) is 0 Å². The molecule has 2 amide bonds. The van der Waals surface area contributed by atoms with E-state index in [2.05, 4.69) is 0 Å². The zero-order valence-electron chi connectivity index (χ0n) is 19.0. The molecule has 35 heavy (non-hydrogen) atoms. The molecule has 0 aliphatic carbocycles. The molecule has 0 aliphatic heterocycles. The van der Waals surface area contributed by atoms with E-state index in [1.54, 1.807) is 30.3 Å². The van der Waals surface area contributed by atoms with Crippen molar-refractivity contribution in [3.8, 4) is 0 Å². The molecular weight excluding hydrogens is 484 g/mol. The summed E-state index contributed by atoms with van der Waals surface area (Å²) in [5.74, 6) is -3.00. The summed E-state index contributed by atoms with van der Waals surface area (Å²) >= 11 is 5.81. The van der Waals surface area contributed by atoms with Crippen LogP contribution in [0.2, 0.25) is 5.02 Å². The van der Waals surface area contributed by atoms with Gasteiger partial charge in [-0.2, -0.15) is 13.2 Å². The van der Waals surface area contributed by atoms with E-state index in [0.29, 0.717) is 11.1 Å². The second kappa shape index (κ2) is 10.9. The molecule has 0 aliphatic rings. The van der Waals surface area contributed by atoms with E-state index < -0.39 is 35.3 Å². The number of nitrogens with zero attached hydrogens (tertiary/aromatic N) is 2. The van der Waals surface area contributed by atoms with Gasteiger partial charge >= 0.3 is 6.18 Å². The summed E-state index contributed by atoms with van der Waals surface area (Å²) in [6, 6.07) is 16.9. The number of rotatable bonds is 7. The third-order valence-electron chi connectivity index (χ3n) is 5.45. The zero-order valence-corrected chi connectivity index (χ0v) is 19.8. The molecule has 0 N–H and O–H groups in total. The Kier molecular flexibility index (Phi) is 8.17. The van der Waals surface area contributed by atoms with E-state index in [1.807, 2.05) is 0 Å². The second-order valence-electron chi connectivity index (χ2n) is 8.11. The van der Waals surface area contributed by atoms with Crippen LogP contribution in [-0.4, -0.2) is 37.4 Å². The molecule has 0 bridgehead atoms. The topological polar surface area (TPSA) is 40.6 Å². The highest BCUT2D eigenvalue weighted by atomic mass is 35.5. The molecule has 1 atom stereocenters. The Morgan fingerprint density at radius 2 is 1.54 bits per heavy atom. The normalized spacial score (nSPS) is 12.2. The minimum atomic E-state index is -4.46. The van der Waals surface area contributed by atoms with E-state index in [-0.39, 0.29) is 23.7 Å². The number of alkyl halides is 3. The van der Waals surface area contributed by atoms with Gasteiger partial charge in [0.25, 0.3) is 0 Å². The maximum Gasteiger partial charge on any atom is 0.416 e. The van der Waals surface area contributed by atoms with Crippen LogP contribution in [0.15, 0.2) is 72.8 Å². The van der Waals surface area contributed by atoms with Crippen molar-refractivity contribution < 1.29 is 27.2 Å². The first-order valence-corrected chi connectivity index (χ1v) is 11.1. The monoisotopic (exact) mass is 506 g/mol. The van der Waals surface area contributed by atoms with Crippen molar-refractivity contribution in [2.45, 2.75) is 18.5 Å². The lowest BCUT2D eigenvalue weighted by Gasteiger charge is -2.29. The van der Waals surface area contributed by atoms with Gasteiger partial charge in [0.05, 0.1) is 10.6 Å². The first kappa shape index (κ1) is 26.2. The van der Waals surface area contributed by atoms with Crippen LogP contribution in [0.1, 0.15) is 22.6 Å². The highest BCUT2D eigenvalue weighted by Gasteiger charge is 2.34. The summed E-state index contributed by atoms with van der Waals surface area (Å²) < 4.78 is 52.9. The predicted octanol–water partition coefficient (Wildman–Crippen LogP) is 5.95. The SMILES string of the molecule is CN(C)C(=O)C(C(=O)N(CCc1ccc(C(F)(F)F)cc1)c1ccc(Cl)c(F)c1)c1ccccc1. The lowest BCUT2D eigenvalue weighted by atomic mass is 9.95. The molecule has 0 saturated heterocycles. The number of carbonyl (C=O) groups is 2. The predicted molar refractivity (Wildman–Crippen MR) is 127 cm³/mol. The highest BCUT2D eigenvalue weighted by molar-refractivity contribution is 6.30. The Bertz CT molecular complexity index is 1180. The third kappa shape index (κ3) is 6.39. The van der Waals surface area contributed by atoms with Gasteiger partial charge in [-0.3, -0.25) is 9.59 Å². The van der Waals surface area contributed by atoms with Crippen LogP contribution < -0.4 is 4.90 Å². The average molecular weight is 507 g/mol. The lowest BCUT2D eigenvalue weighted by molar-refractivity contribution is -0.138. The Morgan fingerprint density at radius 3 is 2.09 bits per heavy atom. The van der Waals surface area contributed by atoms with Gasteiger partial charge in [0, 0.05) is 26.3 Å². The molecule has 184 valence electrons. The summed E-state index contributed by atoms with van der Waals surface area (Å²) in [7, 11) is 3.06. The molecule has 0 saturated carbocycles. The van der Waals surface area contributed by atoms with Gasteiger partial charge in [-0.05, 0) is 47.9 Å². The molecule has 0 spiro atoms. The Morgan fingerprint density at radius 1 is 0.914 bits per heavy atom. The second-order valence-corrected chi connectivity index (χ2v) is 8.52. The lowest BCUT2D eigenvalue weighted by Crippen LogP contribution is -2.43. The fourth-order valence-electron chi connectivity index (χ4n) is 3.57. The van der Waals surface area contributed by atoms with Crippen molar-refractivity contribution in [3.63, 3.8) is 0 Å². The van der Waals surface area contributed by atoms with Crippen molar-refractivity contribution in [1.82, 2.24) is 4.90 Å². The Balaban J connectivity index is 1.97. The van der Waals surface area contributed by atoms with Crippen molar-refractivity contribution in [3.05, 3.63) is 100 Å². The Hall–Kier alpha value is -3.39. The van der Waals surface area contributed by atoms with Crippen LogP contribution in [0.5, 0.6) is 0 Å². The summed E-state index contributed by atoms with van der Waals surface area (Å²) in [6.07, 6.45) is -4.29. The van der Waals surface area contributed by atoms with Crippen LogP contribution in [-0.2, 0) is 22.2 Å². The third-order valence-corrected chi connectivity index (χ3v) is 5.76.